The summed E-state index contributed by atoms with van der Waals surface area (Å²) < 4.78 is 2.03. The molecule has 0 aliphatic carbocycles. The molecule has 1 amide bonds. The van der Waals surface area contributed by atoms with Crippen LogP contribution in [0, 0.1) is 6.92 Å². The van der Waals surface area contributed by atoms with Crippen molar-refractivity contribution in [3.8, 4) is 5.69 Å². The summed E-state index contributed by atoms with van der Waals surface area (Å²) in [6, 6.07) is 12.3. The average Bonchev–Trinajstić information content (AvgIpc) is 3.55. The molecule has 2 atom stereocenters. The van der Waals surface area contributed by atoms with Gasteiger partial charge in [0.15, 0.2) is 0 Å². The van der Waals surface area contributed by atoms with Gasteiger partial charge in [0, 0.05) is 57.5 Å². The topological polar surface area (TPSA) is 82.7 Å². The van der Waals surface area contributed by atoms with Gasteiger partial charge >= 0.3 is 0 Å². The molecular weight excluding hydrogens is 410 g/mol. The van der Waals surface area contributed by atoms with Gasteiger partial charge in [-0.3, -0.25) is 9.69 Å². The minimum atomic E-state index is -0.463. The summed E-state index contributed by atoms with van der Waals surface area (Å²) in [5.41, 5.74) is 8.44. The van der Waals surface area contributed by atoms with Crippen LogP contribution in [-0.4, -0.2) is 88.1 Å². The van der Waals surface area contributed by atoms with Crippen LogP contribution in [0.1, 0.15) is 12.1 Å². The third-order valence-corrected chi connectivity index (χ3v) is 7.59. The molecule has 1 aromatic carbocycles. The minimum absolute atomic E-state index is 0.163. The largest absolute Gasteiger partial charge is 0.354 e. The molecule has 3 saturated heterocycles. The molecule has 0 bridgehead atoms. The average molecular weight is 442 g/mol. The number of amides is 1. The lowest BCUT2D eigenvalue weighted by molar-refractivity contribution is -0.131. The van der Waals surface area contributed by atoms with Crippen LogP contribution in [0.2, 0.25) is 0 Å². The predicted octanol–water partition coefficient (Wildman–Crippen LogP) is 0.853. The van der Waals surface area contributed by atoms with Crippen LogP contribution in [0.3, 0.4) is 0 Å². The number of nitrogens with two attached hydrogens (primary N) is 1. The number of hydrogen-bond acceptors (Lipinski definition) is 7. The molecular formula is C22H31N7OS. The number of hydrogen-bond donors (Lipinski definition) is 2. The second-order valence-electron chi connectivity index (χ2n) is 8.75. The lowest BCUT2D eigenvalue weighted by Gasteiger charge is -2.44. The molecule has 2 aromatic rings. The van der Waals surface area contributed by atoms with Gasteiger partial charge in [0.25, 0.3) is 0 Å². The summed E-state index contributed by atoms with van der Waals surface area (Å²) in [7, 11) is 0. The van der Waals surface area contributed by atoms with E-state index in [2.05, 4.69) is 33.3 Å². The first kappa shape index (κ1) is 20.8. The fourth-order valence-electron chi connectivity index (χ4n) is 4.87. The molecule has 166 valence electrons. The van der Waals surface area contributed by atoms with Crippen LogP contribution in [0.5, 0.6) is 0 Å². The normalized spacial score (nSPS) is 27.2. The molecule has 0 radical (unpaired) electrons. The molecule has 5 rings (SSSR count). The number of piperazine rings is 1. The Morgan fingerprint density at radius 1 is 1.19 bits per heavy atom. The number of nitrogens with one attached hydrogen (secondary N) is 1. The molecule has 9 heteroatoms. The highest BCUT2D eigenvalue weighted by atomic mass is 32.2. The van der Waals surface area contributed by atoms with Gasteiger partial charge in [0.2, 0.25) is 5.91 Å². The molecule has 2 unspecified atom stereocenters. The quantitative estimate of drug-likeness (QED) is 0.728. The van der Waals surface area contributed by atoms with Gasteiger partial charge in [-0.15, -0.1) is 11.8 Å². The number of aromatic nitrogens is 2. The summed E-state index contributed by atoms with van der Waals surface area (Å²) in [5.74, 6) is 3.17. The molecule has 3 aliphatic rings. The van der Waals surface area contributed by atoms with Crippen molar-refractivity contribution in [2.24, 2.45) is 5.73 Å². The SMILES string of the molecule is Cc1cc(N2CCN(C3(N)CNC(C(=O)N4CCSC4)C3)CC2)n(-c2ccccc2)n1. The lowest BCUT2D eigenvalue weighted by Crippen LogP contribution is -2.63. The number of anilines is 1. The van der Waals surface area contributed by atoms with E-state index in [9.17, 15) is 4.79 Å². The maximum Gasteiger partial charge on any atom is 0.240 e. The van der Waals surface area contributed by atoms with Crippen LogP contribution >= 0.6 is 11.8 Å². The van der Waals surface area contributed by atoms with Crippen molar-refractivity contribution in [2.45, 2.75) is 25.0 Å². The third kappa shape index (κ3) is 4.07. The number of carbonyl (C=O) groups is 1. The second kappa shape index (κ2) is 8.46. The molecule has 0 saturated carbocycles. The fraction of sp³-hybridized carbons (Fsp3) is 0.545. The van der Waals surface area contributed by atoms with Gasteiger partial charge in [-0.25, -0.2) is 4.68 Å². The van der Waals surface area contributed by atoms with Crippen LogP contribution in [0.4, 0.5) is 5.82 Å². The number of aryl methyl sites for hydroxylation is 1. The van der Waals surface area contributed by atoms with Crippen molar-refractivity contribution in [1.29, 1.82) is 0 Å². The van der Waals surface area contributed by atoms with Gasteiger partial charge in [0.05, 0.1) is 29.0 Å². The van der Waals surface area contributed by atoms with Gasteiger partial charge in [-0.2, -0.15) is 5.10 Å². The summed E-state index contributed by atoms with van der Waals surface area (Å²) in [4.78, 5) is 19.5. The standard InChI is InChI=1S/C22H31N7OS/c1-17-13-20(29(25-17)18-5-3-2-4-6-18)26-7-9-28(10-8-26)22(23)14-19(24-15-22)21(30)27-11-12-31-16-27/h2-6,13,19,24H,7-12,14-16,23H2,1H3. The number of benzene rings is 1. The van der Waals surface area contributed by atoms with E-state index in [0.717, 1.165) is 61.6 Å². The molecule has 8 nitrogen and oxygen atoms in total. The summed E-state index contributed by atoms with van der Waals surface area (Å²) in [5, 5.41) is 8.12. The Labute approximate surface area is 187 Å². The van der Waals surface area contributed by atoms with Crippen molar-refractivity contribution in [3.63, 3.8) is 0 Å². The van der Waals surface area contributed by atoms with Crippen LogP contribution in [0.25, 0.3) is 5.69 Å². The first-order chi connectivity index (χ1) is 15.0. The Kier molecular flexibility index (Phi) is 5.68. The van der Waals surface area contributed by atoms with Crippen molar-refractivity contribution in [3.05, 3.63) is 42.1 Å². The van der Waals surface area contributed by atoms with E-state index < -0.39 is 5.66 Å². The fourth-order valence-corrected chi connectivity index (χ4v) is 5.83. The van der Waals surface area contributed by atoms with E-state index >= 15 is 0 Å². The smallest absolute Gasteiger partial charge is 0.240 e. The zero-order valence-electron chi connectivity index (χ0n) is 18.0. The minimum Gasteiger partial charge on any atom is -0.354 e. The molecule has 4 heterocycles. The number of nitrogens with zero attached hydrogens (tertiary/aromatic N) is 5. The predicted molar refractivity (Wildman–Crippen MR) is 124 cm³/mol. The molecule has 3 fully saturated rings. The van der Waals surface area contributed by atoms with Gasteiger partial charge < -0.3 is 20.9 Å². The first-order valence-corrected chi connectivity index (χ1v) is 12.2. The Balaban J connectivity index is 1.24. The Hall–Kier alpha value is -2.07. The van der Waals surface area contributed by atoms with Gasteiger partial charge in [0.1, 0.15) is 5.82 Å². The molecule has 1 aromatic heterocycles. The van der Waals surface area contributed by atoms with Gasteiger partial charge in [-0.1, -0.05) is 18.2 Å². The van der Waals surface area contributed by atoms with E-state index in [-0.39, 0.29) is 11.9 Å². The number of carbonyl (C=O) groups excluding carboxylic acids is 1. The maximum absolute atomic E-state index is 12.8. The van der Waals surface area contributed by atoms with Crippen LogP contribution in [0.15, 0.2) is 36.4 Å². The van der Waals surface area contributed by atoms with Crippen molar-refractivity contribution in [2.75, 3.05) is 55.8 Å². The third-order valence-electron chi connectivity index (χ3n) is 6.62. The van der Waals surface area contributed by atoms with E-state index in [1.54, 1.807) is 0 Å². The summed E-state index contributed by atoms with van der Waals surface area (Å²) >= 11 is 1.82. The number of rotatable bonds is 4. The Bertz CT molecular complexity index is 921. The summed E-state index contributed by atoms with van der Waals surface area (Å²) in [6.07, 6.45) is 0.675. The van der Waals surface area contributed by atoms with Crippen LogP contribution < -0.4 is 16.0 Å². The Morgan fingerprint density at radius 2 is 1.97 bits per heavy atom. The molecule has 3 N–H and O–H groups in total. The zero-order valence-corrected chi connectivity index (χ0v) is 18.9. The van der Waals surface area contributed by atoms with E-state index in [1.807, 2.05) is 46.5 Å². The molecule has 3 aliphatic heterocycles. The highest BCUT2D eigenvalue weighted by Crippen LogP contribution is 2.28. The van der Waals surface area contributed by atoms with Crippen molar-refractivity contribution < 1.29 is 4.79 Å². The summed E-state index contributed by atoms with van der Waals surface area (Å²) in [6.45, 7) is 7.07. The zero-order chi connectivity index (χ0) is 21.4. The number of thioether (sulfide) groups is 1. The van der Waals surface area contributed by atoms with Crippen molar-refractivity contribution >= 4 is 23.5 Å². The van der Waals surface area contributed by atoms with E-state index in [4.69, 9.17) is 10.8 Å². The van der Waals surface area contributed by atoms with Gasteiger partial charge in [-0.05, 0) is 19.1 Å². The lowest BCUT2D eigenvalue weighted by atomic mass is 10.0. The molecule has 0 spiro atoms. The van der Waals surface area contributed by atoms with Crippen LogP contribution in [-0.2, 0) is 4.79 Å². The monoisotopic (exact) mass is 441 g/mol. The maximum atomic E-state index is 12.8. The first-order valence-electron chi connectivity index (χ1n) is 11.0. The second-order valence-corrected chi connectivity index (χ2v) is 9.82. The van der Waals surface area contributed by atoms with E-state index in [0.29, 0.717) is 13.0 Å². The molecule has 31 heavy (non-hydrogen) atoms. The number of para-hydroxylation sites is 1. The van der Waals surface area contributed by atoms with E-state index in [1.165, 1.54) is 0 Å². The van der Waals surface area contributed by atoms with Crippen molar-refractivity contribution in [1.82, 2.24) is 24.9 Å². The highest BCUT2D eigenvalue weighted by molar-refractivity contribution is 7.99. The highest BCUT2D eigenvalue weighted by Gasteiger charge is 2.45. The Morgan fingerprint density at radius 3 is 2.68 bits per heavy atom.